The zero-order valence-corrected chi connectivity index (χ0v) is 14.1. The van der Waals surface area contributed by atoms with E-state index >= 15 is 0 Å². The van der Waals surface area contributed by atoms with E-state index in [1.54, 1.807) is 0 Å². The van der Waals surface area contributed by atoms with Crippen LogP contribution in [-0.4, -0.2) is 28.3 Å². The van der Waals surface area contributed by atoms with Gasteiger partial charge in [-0.3, -0.25) is 0 Å². The summed E-state index contributed by atoms with van der Waals surface area (Å²) in [6.07, 6.45) is 8.72. The van der Waals surface area contributed by atoms with Gasteiger partial charge in [0, 0.05) is 25.5 Å². The molecule has 0 saturated heterocycles. The van der Waals surface area contributed by atoms with Gasteiger partial charge in [0.1, 0.15) is 5.82 Å². The van der Waals surface area contributed by atoms with Gasteiger partial charge in [-0.15, -0.1) is 0 Å². The second-order valence-electron chi connectivity index (χ2n) is 6.24. The second-order valence-corrected chi connectivity index (χ2v) is 6.24. The van der Waals surface area contributed by atoms with E-state index < -0.39 is 0 Å². The lowest BCUT2D eigenvalue weighted by Crippen LogP contribution is -2.49. The molecule has 1 atom stereocenters. The van der Waals surface area contributed by atoms with E-state index in [9.17, 15) is 0 Å². The molecule has 0 bridgehead atoms. The Morgan fingerprint density at radius 1 is 1.38 bits per heavy atom. The van der Waals surface area contributed by atoms with Crippen LogP contribution in [-0.2, 0) is 11.3 Å². The van der Waals surface area contributed by atoms with Crippen LogP contribution in [0.3, 0.4) is 0 Å². The van der Waals surface area contributed by atoms with Crippen molar-refractivity contribution in [2.24, 2.45) is 5.92 Å². The first-order valence-electron chi connectivity index (χ1n) is 8.55. The number of nitrogens with zero attached hydrogens (tertiary/aromatic N) is 2. The fraction of sp³-hybridized carbons (Fsp3) is 0.824. The summed E-state index contributed by atoms with van der Waals surface area (Å²) in [7, 11) is 0. The Kier molecular flexibility index (Phi) is 5.82. The highest BCUT2D eigenvalue weighted by atomic mass is 16.5. The number of hydrogen-bond donors (Lipinski definition) is 1. The Hall–Kier alpha value is -0.870. The van der Waals surface area contributed by atoms with Gasteiger partial charge in [0.05, 0.1) is 11.6 Å². The molecule has 1 N–H and O–H groups in total. The summed E-state index contributed by atoms with van der Waals surface area (Å²) in [5.41, 5.74) is -0.102. The number of ether oxygens (including phenoxy) is 1. The molecule has 4 heteroatoms. The number of hydrogen-bond acceptors (Lipinski definition) is 3. The fourth-order valence-electron chi connectivity index (χ4n) is 3.62. The van der Waals surface area contributed by atoms with Crippen LogP contribution in [0.5, 0.6) is 0 Å². The van der Waals surface area contributed by atoms with Crippen molar-refractivity contribution in [3.8, 4) is 0 Å². The third-order valence-corrected chi connectivity index (χ3v) is 4.83. The fourth-order valence-corrected chi connectivity index (χ4v) is 3.62. The van der Waals surface area contributed by atoms with Crippen molar-refractivity contribution >= 4 is 0 Å². The summed E-state index contributed by atoms with van der Waals surface area (Å²) < 4.78 is 8.58. The van der Waals surface area contributed by atoms with Gasteiger partial charge < -0.3 is 14.6 Å². The molecule has 4 nitrogen and oxygen atoms in total. The molecule has 1 aromatic rings. The molecule has 0 spiro atoms. The molecule has 0 radical (unpaired) electrons. The maximum absolute atomic E-state index is 6.34. The number of rotatable bonds is 7. The molecule has 1 aromatic heterocycles. The predicted octanol–water partition coefficient (Wildman–Crippen LogP) is 3.54. The molecular formula is C17H31N3O. The standard InChI is InChI=1S/C17H31N3O/c1-5-18-15(16-19-12-13-20(16)6-2)17(21-7-3)10-8-14(4)9-11-17/h12-15,18H,5-11H2,1-4H3. The Morgan fingerprint density at radius 3 is 2.67 bits per heavy atom. The average molecular weight is 293 g/mol. The molecule has 1 saturated carbocycles. The molecule has 21 heavy (non-hydrogen) atoms. The minimum absolute atomic E-state index is 0.102. The van der Waals surface area contributed by atoms with Gasteiger partial charge in [0.2, 0.25) is 0 Å². The van der Waals surface area contributed by atoms with E-state index in [2.05, 4.69) is 48.8 Å². The number of imidazole rings is 1. The van der Waals surface area contributed by atoms with Gasteiger partial charge in [0.25, 0.3) is 0 Å². The summed E-state index contributed by atoms with van der Waals surface area (Å²) in [5, 5.41) is 3.66. The third kappa shape index (κ3) is 3.49. The van der Waals surface area contributed by atoms with Crippen LogP contribution in [0.25, 0.3) is 0 Å². The molecule has 1 aliphatic rings. The lowest BCUT2D eigenvalue weighted by Gasteiger charge is -2.44. The molecule has 0 aliphatic heterocycles. The Bertz CT molecular complexity index is 421. The quantitative estimate of drug-likeness (QED) is 0.836. The number of likely N-dealkylation sites (N-methyl/N-ethyl adjacent to an activating group) is 1. The van der Waals surface area contributed by atoms with Crippen LogP contribution < -0.4 is 5.32 Å². The van der Waals surface area contributed by atoms with Gasteiger partial charge >= 0.3 is 0 Å². The molecule has 1 heterocycles. The van der Waals surface area contributed by atoms with Crippen LogP contribution in [0, 0.1) is 5.92 Å². The van der Waals surface area contributed by atoms with Crippen LogP contribution in [0.1, 0.15) is 65.2 Å². The first kappa shape index (κ1) is 16.5. The van der Waals surface area contributed by atoms with E-state index in [0.29, 0.717) is 0 Å². The van der Waals surface area contributed by atoms with E-state index in [1.807, 2.05) is 6.20 Å². The van der Waals surface area contributed by atoms with Crippen LogP contribution >= 0.6 is 0 Å². The lowest BCUT2D eigenvalue weighted by atomic mass is 9.75. The van der Waals surface area contributed by atoms with Crippen molar-refractivity contribution in [2.45, 2.75) is 71.6 Å². The zero-order valence-electron chi connectivity index (χ0n) is 14.1. The molecule has 1 aliphatic carbocycles. The highest BCUT2D eigenvalue weighted by Gasteiger charge is 2.44. The van der Waals surface area contributed by atoms with Gasteiger partial charge in [-0.1, -0.05) is 13.8 Å². The Labute approximate surface area is 129 Å². The van der Waals surface area contributed by atoms with Crippen molar-refractivity contribution in [2.75, 3.05) is 13.2 Å². The summed E-state index contributed by atoms with van der Waals surface area (Å²) in [4.78, 5) is 4.65. The third-order valence-electron chi connectivity index (χ3n) is 4.83. The molecule has 1 fully saturated rings. The largest absolute Gasteiger partial charge is 0.373 e. The monoisotopic (exact) mass is 293 g/mol. The average Bonchev–Trinajstić information content (AvgIpc) is 2.96. The van der Waals surface area contributed by atoms with E-state index in [0.717, 1.165) is 44.3 Å². The lowest BCUT2D eigenvalue weighted by molar-refractivity contribution is -0.0996. The molecule has 0 aromatic carbocycles. The second kappa shape index (κ2) is 7.41. The van der Waals surface area contributed by atoms with Crippen molar-refractivity contribution in [3.63, 3.8) is 0 Å². The van der Waals surface area contributed by atoms with Crippen LogP contribution in [0.2, 0.25) is 0 Å². The highest BCUT2D eigenvalue weighted by molar-refractivity contribution is 5.09. The summed E-state index contributed by atoms with van der Waals surface area (Å²) in [5.74, 6) is 1.94. The van der Waals surface area contributed by atoms with Crippen molar-refractivity contribution < 1.29 is 4.74 Å². The van der Waals surface area contributed by atoms with E-state index in [-0.39, 0.29) is 11.6 Å². The zero-order chi connectivity index (χ0) is 15.3. The summed E-state index contributed by atoms with van der Waals surface area (Å²) in [6, 6.07) is 0.185. The van der Waals surface area contributed by atoms with Crippen molar-refractivity contribution in [3.05, 3.63) is 18.2 Å². The minimum atomic E-state index is -0.102. The van der Waals surface area contributed by atoms with Gasteiger partial charge in [-0.05, 0) is 52.0 Å². The van der Waals surface area contributed by atoms with E-state index in [4.69, 9.17) is 4.74 Å². The van der Waals surface area contributed by atoms with E-state index in [1.165, 1.54) is 12.8 Å². The maximum Gasteiger partial charge on any atom is 0.128 e. The first-order valence-corrected chi connectivity index (χ1v) is 8.55. The van der Waals surface area contributed by atoms with Gasteiger partial charge in [-0.2, -0.15) is 0 Å². The molecule has 120 valence electrons. The maximum atomic E-state index is 6.34. The van der Waals surface area contributed by atoms with Crippen LogP contribution in [0.15, 0.2) is 12.4 Å². The van der Waals surface area contributed by atoms with Crippen molar-refractivity contribution in [1.82, 2.24) is 14.9 Å². The summed E-state index contributed by atoms with van der Waals surface area (Å²) in [6.45, 7) is 11.5. The topological polar surface area (TPSA) is 39.1 Å². The first-order chi connectivity index (χ1) is 10.2. The Balaban J connectivity index is 2.32. The predicted molar refractivity (Wildman–Crippen MR) is 86.3 cm³/mol. The van der Waals surface area contributed by atoms with Crippen molar-refractivity contribution in [1.29, 1.82) is 0 Å². The van der Waals surface area contributed by atoms with Gasteiger partial charge in [0.15, 0.2) is 0 Å². The highest BCUT2D eigenvalue weighted by Crippen LogP contribution is 2.42. The normalized spacial score (nSPS) is 27.7. The number of nitrogens with one attached hydrogen (secondary N) is 1. The molecule has 1 unspecified atom stereocenters. The molecule has 0 amide bonds. The Morgan fingerprint density at radius 2 is 2.10 bits per heavy atom. The van der Waals surface area contributed by atoms with Crippen LogP contribution in [0.4, 0.5) is 0 Å². The number of aryl methyl sites for hydroxylation is 1. The number of aromatic nitrogens is 2. The molecule has 2 rings (SSSR count). The summed E-state index contributed by atoms with van der Waals surface area (Å²) >= 11 is 0. The minimum Gasteiger partial charge on any atom is -0.373 e. The van der Waals surface area contributed by atoms with Gasteiger partial charge in [-0.25, -0.2) is 4.98 Å². The smallest absolute Gasteiger partial charge is 0.128 e. The SMILES string of the molecule is CCNC(c1nccn1CC)C1(OCC)CCC(C)CC1. The molecular weight excluding hydrogens is 262 g/mol.